The summed E-state index contributed by atoms with van der Waals surface area (Å²) in [4.78, 5) is 30.0. The summed E-state index contributed by atoms with van der Waals surface area (Å²) in [5.74, 6) is 0.750. The molecule has 0 spiro atoms. The van der Waals surface area contributed by atoms with Gasteiger partial charge >= 0.3 is 0 Å². The van der Waals surface area contributed by atoms with E-state index in [9.17, 15) is 9.59 Å². The lowest BCUT2D eigenvalue weighted by molar-refractivity contribution is -0.117. The largest absolute Gasteiger partial charge is 0.487 e. The van der Waals surface area contributed by atoms with Gasteiger partial charge in [-0.25, -0.2) is 0 Å². The first-order valence-electron chi connectivity index (χ1n) is 10.7. The molecule has 162 valence electrons. The maximum atomic E-state index is 12.2. The summed E-state index contributed by atoms with van der Waals surface area (Å²) in [5, 5.41) is 2.88. The van der Waals surface area contributed by atoms with Gasteiger partial charge in [-0.05, 0) is 60.0 Å². The summed E-state index contributed by atoms with van der Waals surface area (Å²) in [5.41, 5.74) is 3.67. The molecule has 0 radical (unpaired) electrons. The number of anilines is 1. The van der Waals surface area contributed by atoms with Gasteiger partial charge in [0.1, 0.15) is 12.4 Å². The van der Waals surface area contributed by atoms with E-state index in [2.05, 4.69) is 10.3 Å². The standard InChI is InChI=1S/C26H25N3O3/c30-25(28-18-21-6-11-23(12-7-21)29-17-3-5-26(29)31)15-10-20-8-13-24(14-9-20)32-19-22-4-1-2-16-27-22/h1-2,4,6-16H,3,5,17-19H2,(H,28,30). The minimum atomic E-state index is -0.167. The Balaban J connectivity index is 1.23. The lowest BCUT2D eigenvalue weighted by Crippen LogP contribution is -2.23. The first-order chi connectivity index (χ1) is 15.7. The van der Waals surface area contributed by atoms with Gasteiger partial charge in [-0.15, -0.1) is 0 Å². The minimum absolute atomic E-state index is 0.167. The van der Waals surface area contributed by atoms with Crippen molar-refractivity contribution >= 4 is 23.6 Å². The molecule has 3 aromatic rings. The van der Waals surface area contributed by atoms with Gasteiger partial charge in [0.25, 0.3) is 0 Å². The van der Waals surface area contributed by atoms with Crippen molar-refractivity contribution in [3.05, 3.63) is 95.8 Å². The van der Waals surface area contributed by atoms with E-state index < -0.39 is 0 Å². The summed E-state index contributed by atoms with van der Waals surface area (Å²) >= 11 is 0. The van der Waals surface area contributed by atoms with Crippen molar-refractivity contribution in [3.63, 3.8) is 0 Å². The highest BCUT2D eigenvalue weighted by molar-refractivity contribution is 5.95. The van der Waals surface area contributed by atoms with Crippen molar-refractivity contribution in [3.8, 4) is 5.75 Å². The molecule has 4 rings (SSSR count). The van der Waals surface area contributed by atoms with Crippen molar-refractivity contribution in [2.45, 2.75) is 26.0 Å². The van der Waals surface area contributed by atoms with E-state index in [1.54, 1.807) is 17.2 Å². The predicted molar refractivity (Wildman–Crippen MR) is 124 cm³/mol. The highest BCUT2D eigenvalue weighted by atomic mass is 16.5. The number of pyridine rings is 1. The number of hydrogen-bond acceptors (Lipinski definition) is 4. The number of carbonyl (C=O) groups excluding carboxylic acids is 2. The maximum absolute atomic E-state index is 12.2. The van der Waals surface area contributed by atoms with Gasteiger partial charge in [-0.1, -0.05) is 30.3 Å². The highest BCUT2D eigenvalue weighted by Crippen LogP contribution is 2.21. The zero-order valence-electron chi connectivity index (χ0n) is 17.7. The van der Waals surface area contributed by atoms with Crippen molar-refractivity contribution in [2.75, 3.05) is 11.4 Å². The SMILES string of the molecule is O=C(C=Cc1ccc(OCc2ccccn2)cc1)NCc1ccc(N2CCCC2=O)cc1. The van der Waals surface area contributed by atoms with Gasteiger partial charge in [-0.3, -0.25) is 14.6 Å². The molecule has 1 N–H and O–H groups in total. The second-order valence-corrected chi connectivity index (χ2v) is 7.55. The van der Waals surface area contributed by atoms with E-state index in [0.717, 1.165) is 41.2 Å². The van der Waals surface area contributed by atoms with Crippen LogP contribution < -0.4 is 15.0 Å². The fourth-order valence-corrected chi connectivity index (χ4v) is 3.45. The molecular weight excluding hydrogens is 402 g/mol. The molecule has 2 amide bonds. The van der Waals surface area contributed by atoms with E-state index in [4.69, 9.17) is 4.74 Å². The molecule has 1 aromatic heterocycles. The van der Waals surface area contributed by atoms with Gasteiger partial charge in [0.05, 0.1) is 5.69 Å². The van der Waals surface area contributed by atoms with Crippen LogP contribution >= 0.6 is 0 Å². The Kier molecular flexibility index (Phi) is 6.92. The Morgan fingerprint density at radius 3 is 2.56 bits per heavy atom. The quantitative estimate of drug-likeness (QED) is 0.549. The van der Waals surface area contributed by atoms with Crippen molar-refractivity contribution in [1.29, 1.82) is 0 Å². The van der Waals surface area contributed by atoms with Crippen LogP contribution in [0.1, 0.15) is 29.7 Å². The summed E-state index contributed by atoms with van der Waals surface area (Å²) in [6.07, 6.45) is 6.54. The normalized spacial score (nSPS) is 13.5. The number of nitrogens with one attached hydrogen (secondary N) is 1. The van der Waals surface area contributed by atoms with E-state index >= 15 is 0 Å². The maximum Gasteiger partial charge on any atom is 0.244 e. The van der Waals surface area contributed by atoms with Gasteiger partial charge in [0.15, 0.2) is 0 Å². The summed E-state index contributed by atoms with van der Waals surface area (Å²) < 4.78 is 5.72. The molecule has 1 aliphatic rings. The molecule has 0 unspecified atom stereocenters. The number of nitrogens with zero attached hydrogens (tertiary/aromatic N) is 2. The number of benzene rings is 2. The molecule has 1 aliphatic heterocycles. The van der Waals surface area contributed by atoms with Gasteiger partial charge in [0, 0.05) is 37.5 Å². The summed E-state index contributed by atoms with van der Waals surface area (Å²) in [7, 11) is 0. The molecule has 1 saturated heterocycles. The molecule has 0 atom stereocenters. The molecule has 2 aromatic carbocycles. The smallest absolute Gasteiger partial charge is 0.244 e. The number of amides is 2. The molecule has 2 heterocycles. The summed E-state index contributed by atoms with van der Waals surface area (Å²) in [6.45, 7) is 1.61. The topological polar surface area (TPSA) is 71.5 Å². The first kappa shape index (κ1) is 21.3. The van der Waals surface area contributed by atoms with Crippen molar-refractivity contribution in [2.24, 2.45) is 0 Å². The zero-order chi connectivity index (χ0) is 22.2. The van der Waals surface area contributed by atoms with Crippen LogP contribution in [0.5, 0.6) is 5.75 Å². The van der Waals surface area contributed by atoms with E-state index in [1.165, 1.54) is 6.08 Å². The van der Waals surface area contributed by atoms with E-state index in [-0.39, 0.29) is 11.8 Å². The third-order valence-corrected chi connectivity index (χ3v) is 5.21. The molecule has 6 nitrogen and oxygen atoms in total. The third kappa shape index (κ3) is 5.82. The van der Waals surface area contributed by atoms with E-state index in [0.29, 0.717) is 19.6 Å². The molecule has 6 heteroatoms. The van der Waals surface area contributed by atoms with Crippen molar-refractivity contribution < 1.29 is 14.3 Å². The molecular formula is C26H25N3O3. The fraction of sp³-hybridized carbons (Fsp3) is 0.192. The Bertz CT molecular complexity index is 1080. The number of ether oxygens (including phenoxy) is 1. The van der Waals surface area contributed by atoms with Crippen LogP contribution in [0.25, 0.3) is 6.08 Å². The Hall–Kier alpha value is -3.93. The fourth-order valence-electron chi connectivity index (χ4n) is 3.45. The number of carbonyl (C=O) groups is 2. The Labute approximate surface area is 187 Å². The van der Waals surface area contributed by atoms with Crippen molar-refractivity contribution in [1.82, 2.24) is 10.3 Å². The van der Waals surface area contributed by atoms with Gasteiger partial charge in [0.2, 0.25) is 11.8 Å². The average molecular weight is 428 g/mol. The van der Waals surface area contributed by atoms with Crippen LogP contribution in [0, 0.1) is 0 Å². The van der Waals surface area contributed by atoms with Crippen LogP contribution in [-0.4, -0.2) is 23.3 Å². The van der Waals surface area contributed by atoms with Gasteiger partial charge < -0.3 is 15.0 Å². The van der Waals surface area contributed by atoms with Crippen LogP contribution in [0.4, 0.5) is 5.69 Å². The lowest BCUT2D eigenvalue weighted by atomic mass is 10.2. The van der Waals surface area contributed by atoms with Crippen LogP contribution in [0.15, 0.2) is 79.0 Å². The highest BCUT2D eigenvalue weighted by Gasteiger charge is 2.21. The minimum Gasteiger partial charge on any atom is -0.487 e. The van der Waals surface area contributed by atoms with Crippen LogP contribution in [-0.2, 0) is 22.7 Å². The number of aromatic nitrogens is 1. The molecule has 0 saturated carbocycles. The third-order valence-electron chi connectivity index (χ3n) is 5.21. The average Bonchev–Trinajstić information content (AvgIpc) is 3.27. The lowest BCUT2D eigenvalue weighted by Gasteiger charge is -2.15. The zero-order valence-corrected chi connectivity index (χ0v) is 17.7. The predicted octanol–water partition coefficient (Wildman–Crippen LogP) is 4.12. The number of hydrogen-bond donors (Lipinski definition) is 1. The molecule has 1 fully saturated rings. The first-order valence-corrected chi connectivity index (χ1v) is 10.7. The van der Waals surface area contributed by atoms with Gasteiger partial charge in [-0.2, -0.15) is 0 Å². The van der Waals surface area contributed by atoms with Crippen LogP contribution in [0.3, 0.4) is 0 Å². The Morgan fingerprint density at radius 1 is 1.06 bits per heavy atom. The summed E-state index contributed by atoms with van der Waals surface area (Å²) in [6, 6.07) is 21.0. The Morgan fingerprint density at radius 2 is 1.88 bits per heavy atom. The number of rotatable bonds is 8. The molecule has 0 bridgehead atoms. The van der Waals surface area contributed by atoms with E-state index in [1.807, 2.05) is 66.7 Å². The monoisotopic (exact) mass is 427 g/mol. The second-order valence-electron chi connectivity index (χ2n) is 7.55. The van der Waals surface area contributed by atoms with Crippen LogP contribution in [0.2, 0.25) is 0 Å². The molecule has 0 aliphatic carbocycles. The molecule has 32 heavy (non-hydrogen) atoms. The second kappa shape index (κ2) is 10.4.